The first-order valence-electron chi connectivity index (χ1n) is 6.33. The van der Waals surface area contributed by atoms with Gasteiger partial charge in [0.05, 0.1) is 22.2 Å². The summed E-state index contributed by atoms with van der Waals surface area (Å²) in [7, 11) is 0. The molecule has 8 nitrogen and oxygen atoms in total. The maximum atomic E-state index is 11.3. The van der Waals surface area contributed by atoms with Crippen LogP contribution in [0.4, 0.5) is 11.6 Å². The topological polar surface area (TPSA) is 119 Å². The predicted molar refractivity (Wildman–Crippen MR) is 79.9 cm³/mol. The van der Waals surface area contributed by atoms with Gasteiger partial charge in [-0.1, -0.05) is 24.3 Å². The van der Waals surface area contributed by atoms with E-state index in [1.165, 1.54) is 18.3 Å². The average molecular weight is 296 g/mol. The molecule has 1 heterocycles. The molecule has 0 spiro atoms. The lowest BCUT2D eigenvalue weighted by Crippen LogP contribution is -1.99. The molecule has 0 fully saturated rings. The lowest BCUT2D eigenvalue weighted by atomic mass is 10.2. The Morgan fingerprint density at radius 2 is 2.09 bits per heavy atom. The molecule has 110 valence electrons. The van der Waals surface area contributed by atoms with Crippen LogP contribution in [0.5, 0.6) is 5.75 Å². The van der Waals surface area contributed by atoms with Gasteiger partial charge in [0.2, 0.25) is 5.95 Å². The molecule has 0 saturated heterocycles. The van der Waals surface area contributed by atoms with Gasteiger partial charge < -0.3 is 10.1 Å². The summed E-state index contributed by atoms with van der Waals surface area (Å²) in [5, 5.41) is 25.9. The third-order valence-electron chi connectivity index (χ3n) is 2.95. The number of nitrogens with zero attached hydrogens (tertiary/aromatic N) is 3. The first kappa shape index (κ1) is 13.6. The van der Waals surface area contributed by atoms with Crippen LogP contribution in [0.15, 0.2) is 47.6 Å². The number of nitrogens with one attached hydrogen (secondary N) is 2. The van der Waals surface area contributed by atoms with Crippen molar-refractivity contribution >= 4 is 28.9 Å². The van der Waals surface area contributed by atoms with Gasteiger partial charge >= 0.3 is 0 Å². The number of hydrogen-bond acceptors (Lipinski definition) is 6. The zero-order valence-electron chi connectivity index (χ0n) is 11.2. The molecule has 22 heavy (non-hydrogen) atoms. The number of aromatic amines is 1. The van der Waals surface area contributed by atoms with E-state index in [1.54, 1.807) is 0 Å². The van der Waals surface area contributed by atoms with Gasteiger partial charge in [-0.25, -0.2) is 10.4 Å². The summed E-state index contributed by atoms with van der Waals surface area (Å²) in [5.74, 6) is -0.181. The molecule has 8 heteroatoms. The summed E-state index contributed by atoms with van der Waals surface area (Å²) in [6.07, 6.45) is 1.37. The Labute approximate surface area is 124 Å². The fourth-order valence-electron chi connectivity index (χ4n) is 1.93. The fourth-order valence-corrected chi connectivity index (χ4v) is 1.93. The van der Waals surface area contributed by atoms with Crippen molar-refractivity contribution in [1.29, 1.82) is 0 Å². The molecule has 0 atom stereocenters. The molecule has 1 aromatic heterocycles. The number of imidazole rings is 1. The molecule has 2 aromatic carbocycles. The van der Waals surface area contributed by atoms with E-state index in [1.807, 2.05) is 24.3 Å². The number of H-pyrrole nitrogens is 1. The van der Waals surface area contributed by atoms with Crippen LogP contribution in [-0.4, -0.2) is 21.1 Å². The third-order valence-corrected chi connectivity index (χ3v) is 2.95. The second kappa shape index (κ2) is 5.52. The van der Waals surface area contributed by atoms with Gasteiger partial charge in [0, 0.05) is 11.6 Å². The van der Waals surface area contributed by atoms with Crippen molar-refractivity contribution in [1.82, 2.24) is 9.97 Å². The number of fused-ring (bicyclic) bond motifs is 1. The summed E-state index contributed by atoms with van der Waals surface area (Å²) in [5.41, 5.74) is 4.33. The molecule has 3 aromatic rings. The van der Waals surface area contributed by atoms with Gasteiger partial charge in [0.15, 0.2) is 0 Å². The van der Waals surface area contributed by atoms with Gasteiger partial charge in [-0.3, -0.25) is 10.1 Å². The Morgan fingerprint density at radius 1 is 1.27 bits per heavy atom. The standard InChI is InChI=1S/C14H11N5O3/c20-13-6-5-9(7-12(13)19(21)22)8-15-18-14-16-10-3-1-2-4-11(10)17-14/h1-8,20H,(H2,16,17,18)/p-1/b15-8-. The molecule has 3 rings (SSSR count). The van der Waals surface area contributed by atoms with Crippen LogP contribution in [0.2, 0.25) is 0 Å². The van der Waals surface area contributed by atoms with Crippen molar-refractivity contribution in [3.63, 3.8) is 0 Å². The lowest BCUT2D eigenvalue weighted by Gasteiger charge is -2.05. The minimum Gasteiger partial charge on any atom is -0.868 e. The maximum absolute atomic E-state index is 11.3. The second-order valence-corrected chi connectivity index (χ2v) is 4.46. The zero-order valence-corrected chi connectivity index (χ0v) is 11.2. The Hall–Kier alpha value is -3.42. The van der Waals surface area contributed by atoms with Gasteiger partial charge in [-0.2, -0.15) is 5.10 Å². The lowest BCUT2D eigenvalue weighted by molar-refractivity contribution is -0.398. The van der Waals surface area contributed by atoms with Gasteiger partial charge in [0.1, 0.15) is 0 Å². The van der Waals surface area contributed by atoms with E-state index in [9.17, 15) is 15.2 Å². The van der Waals surface area contributed by atoms with Crippen molar-refractivity contribution in [3.8, 4) is 5.75 Å². The molecule has 0 amide bonds. The number of hydrazone groups is 1. The predicted octanol–water partition coefficient (Wildman–Crippen LogP) is 1.99. The zero-order chi connectivity index (χ0) is 15.5. The van der Waals surface area contributed by atoms with Crippen molar-refractivity contribution in [2.24, 2.45) is 5.10 Å². The Morgan fingerprint density at radius 3 is 2.86 bits per heavy atom. The molecule has 0 radical (unpaired) electrons. The van der Waals surface area contributed by atoms with Crippen LogP contribution in [-0.2, 0) is 0 Å². The van der Waals surface area contributed by atoms with Crippen LogP contribution >= 0.6 is 0 Å². The van der Waals surface area contributed by atoms with E-state index >= 15 is 0 Å². The summed E-state index contributed by atoms with van der Waals surface area (Å²) in [6.45, 7) is 0. The summed E-state index contributed by atoms with van der Waals surface area (Å²) in [6, 6.07) is 11.3. The highest BCUT2D eigenvalue weighted by molar-refractivity contribution is 5.82. The number of para-hydroxylation sites is 2. The molecule has 0 aliphatic carbocycles. The Balaban J connectivity index is 1.77. The van der Waals surface area contributed by atoms with Crippen LogP contribution in [0.1, 0.15) is 5.56 Å². The average Bonchev–Trinajstić information content (AvgIpc) is 2.91. The fraction of sp³-hybridized carbons (Fsp3) is 0. The minimum atomic E-state index is -0.716. The van der Waals surface area contributed by atoms with Gasteiger partial charge in [0.25, 0.3) is 5.69 Å². The highest BCUT2D eigenvalue weighted by atomic mass is 16.6. The highest BCUT2D eigenvalue weighted by Gasteiger charge is 2.06. The molecule has 0 aliphatic heterocycles. The number of hydrogen-bond donors (Lipinski definition) is 2. The van der Waals surface area contributed by atoms with Crippen molar-refractivity contribution < 1.29 is 10.0 Å². The largest absolute Gasteiger partial charge is 0.868 e. The van der Waals surface area contributed by atoms with Gasteiger partial charge in [-0.05, 0) is 17.9 Å². The molecular weight excluding hydrogens is 286 g/mol. The maximum Gasteiger partial charge on any atom is 0.262 e. The highest BCUT2D eigenvalue weighted by Crippen LogP contribution is 2.23. The van der Waals surface area contributed by atoms with Crippen LogP contribution in [0.25, 0.3) is 11.0 Å². The summed E-state index contributed by atoms with van der Waals surface area (Å²) in [4.78, 5) is 17.3. The van der Waals surface area contributed by atoms with E-state index in [-0.39, 0.29) is 0 Å². The normalized spacial score (nSPS) is 11.1. The molecule has 0 unspecified atom stereocenters. The van der Waals surface area contributed by atoms with E-state index in [4.69, 9.17) is 0 Å². The quantitative estimate of drug-likeness (QED) is 0.433. The van der Waals surface area contributed by atoms with E-state index in [2.05, 4.69) is 20.5 Å². The first-order chi connectivity index (χ1) is 10.6. The monoisotopic (exact) mass is 296 g/mol. The van der Waals surface area contributed by atoms with Crippen molar-refractivity contribution in [3.05, 3.63) is 58.1 Å². The van der Waals surface area contributed by atoms with Crippen LogP contribution in [0.3, 0.4) is 0 Å². The third kappa shape index (κ3) is 2.70. The Bertz CT molecular complexity index is 839. The van der Waals surface area contributed by atoms with E-state index < -0.39 is 16.4 Å². The second-order valence-electron chi connectivity index (χ2n) is 4.46. The molecule has 0 bridgehead atoms. The molecule has 0 saturated carbocycles. The van der Waals surface area contributed by atoms with Crippen LogP contribution < -0.4 is 10.5 Å². The van der Waals surface area contributed by atoms with Gasteiger partial charge in [-0.15, -0.1) is 0 Å². The number of nitro benzene ring substituents is 1. The molecule has 2 N–H and O–H groups in total. The Kier molecular flexibility index (Phi) is 3.40. The summed E-state index contributed by atoms with van der Waals surface area (Å²) < 4.78 is 0. The number of anilines is 1. The number of rotatable bonds is 4. The summed E-state index contributed by atoms with van der Waals surface area (Å²) >= 11 is 0. The smallest absolute Gasteiger partial charge is 0.262 e. The number of benzene rings is 2. The van der Waals surface area contributed by atoms with Crippen molar-refractivity contribution in [2.45, 2.75) is 0 Å². The van der Waals surface area contributed by atoms with E-state index in [0.717, 1.165) is 17.1 Å². The molecule has 0 aliphatic rings. The van der Waals surface area contributed by atoms with E-state index in [0.29, 0.717) is 11.5 Å². The van der Waals surface area contributed by atoms with Crippen LogP contribution in [0, 0.1) is 10.1 Å². The number of aromatic nitrogens is 2. The first-order valence-corrected chi connectivity index (χ1v) is 6.33. The minimum absolute atomic E-state index is 0.440. The van der Waals surface area contributed by atoms with Crippen molar-refractivity contribution in [2.75, 3.05) is 5.43 Å². The number of nitro groups is 1. The molecular formula is C14H10N5O3-. The SMILES string of the molecule is O=[N+]([O-])c1cc(/C=N\Nc2nc3ccccc3[nH]2)ccc1[O-].